The largest absolute Gasteiger partial charge is 0.508 e. The van der Waals surface area contributed by atoms with E-state index in [2.05, 4.69) is 10.1 Å². The molecule has 142 valence electrons. The number of nitrogens with zero attached hydrogens (tertiary/aromatic N) is 3. The van der Waals surface area contributed by atoms with Crippen LogP contribution in [0.5, 0.6) is 11.6 Å². The van der Waals surface area contributed by atoms with Gasteiger partial charge in [0.25, 0.3) is 17.4 Å². The zero-order chi connectivity index (χ0) is 20.9. The Morgan fingerprint density at radius 3 is 2.59 bits per heavy atom. The molecule has 1 aromatic heterocycles. The number of aromatic hydroxyl groups is 2. The van der Waals surface area contributed by atoms with E-state index in [0.717, 1.165) is 6.21 Å². The molecule has 0 bridgehead atoms. The monoisotopic (exact) mass is 388 g/mol. The fourth-order valence-corrected chi connectivity index (χ4v) is 3.31. The lowest BCUT2D eigenvalue weighted by molar-refractivity contribution is 0.0616. The van der Waals surface area contributed by atoms with Crippen LogP contribution in [0.4, 0.5) is 0 Å². The Hall–Kier alpha value is -4.45. The van der Waals surface area contributed by atoms with Gasteiger partial charge in [-0.2, -0.15) is 15.4 Å². The number of nitrogens with one attached hydrogen (secondary N) is 1. The average molecular weight is 388 g/mol. The normalized spacial score (nSPS) is 13.3. The number of rotatable bonds is 2. The van der Waals surface area contributed by atoms with Gasteiger partial charge in [-0.3, -0.25) is 19.4 Å². The molecule has 0 unspecified atom stereocenters. The molecule has 1 aliphatic rings. The Bertz CT molecular complexity index is 1360. The van der Waals surface area contributed by atoms with E-state index in [1.54, 1.807) is 18.2 Å². The molecule has 0 saturated carbocycles. The highest BCUT2D eigenvalue weighted by atomic mass is 16.3. The minimum absolute atomic E-state index is 0.0123. The summed E-state index contributed by atoms with van der Waals surface area (Å²) in [5, 5.41) is 34.4. The molecule has 0 saturated heterocycles. The lowest BCUT2D eigenvalue weighted by Crippen LogP contribution is -2.36. The third-order valence-electron chi connectivity index (χ3n) is 4.71. The summed E-state index contributed by atoms with van der Waals surface area (Å²) in [5.74, 6) is -2.12. The number of hydrogen-bond donors (Lipinski definition) is 3. The van der Waals surface area contributed by atoms with E-state index in [4.69, 9.17) is 5.26 Å². The molecule has 0 aliphatic carbocycles. The molecule has 3 aromatic rings. The maximum absolute atomic E-state index is 12.8. The van der Waals surface area contributed by atoms with Gasteiger partial charge in [-0.15, -0.1) is 0 Å². The summed E-state index contributed by atoms with van der Waals surface area (Å²) in [6.07, 6.45) is 1.02. The molecule has 9 heteroatoms. The van der Waals surface area contributed by atoms with Crippen molar-refractivity contribution in [3.05, 3.63) is 68.5 Å². The summed E-state index contributed by atoms with van der Waals surface area (Å²) in [6.45, 7) is 1.43. The van der Waals surface area contributed by atoms with E-state index in [0.29, 0.717) is 15.8 Å². The highest BCUT2D eigenvalue weighted by Gasteiger charge is 2.33. The van der Waals surface area contributed by atoms with Gasteiger partial charge in [-0.05, 0) is 36.1 Å². The van der Waals surface area contributed by atoms with Crippen molar-refractivity contribution < 1.29 is 19.8 Å². The first-order valence-electron chi connectivity index (χ1n) is 8.38. The molecule has 2 aromatic carbocycles. The zero-order valence-corrected chi connectivity index (χ0v) is 14.9. The molecule has 0 atom stereocenters. The molecule has 0 radical (unpaired) electrons. The van der Waals surface area contributed by atoms with Crippen molar-refractivity contribution in [3.63, 3.8) is 0 Å². The number of aromatic nitrogens is 1. The number of phenols is 1. The van der Waals surface area contributed by atoms with E-state index < -0.39 is 23.3 Å². The van der Waals surface area contributed by atoms with Crippen molar-refractivity contribution >= 4 is 28.8 Å². The summed E-state index contributed by atoms with van der Waals surface area (Å²) in [6, 6.07) is 9.26. The Labute approximate surface area is 162 Å². The lowest BCUT2D eigenvalue weighted by atomic mass is 9.94. The van der Waals surface area contributed by atoms with Gasteiger partial charge in [-0.25, -0.2) is 0 Å². The number of pyridine rings is 1. The van der Waals surface area contributed by atoms with Crippen LogP contribution in [0.15, 0.2) is 40.2 Å². The van der Waals surface area contributed by atoms with E-state index in [-0.39, 0.29) is 33.6 Å². The fraction of sp³-hybridized carbons (Fsp3) is 0.0500. The highest BCUT2D eigenvalue weighted by Crippen LogP contribution is 2.33. The smallest absolute Gasteiger partial charge is 0.282 e. The van der Waals surface area contributed by atoms with Crippen LogP contribution in [-0.2, 0) is 0 Å². The van der Waals surface area contributed by atoms with E-state index >= 15 is 0 Å². The Kier molecular flexibility index (Phi) is 3.91. The molecule has 0 spiro atoms. The number of amides is 2. The second-order valence-corrected chi connectivity index (χ2v) is 6.39. The molecule has 1 aliphatic heterocycles. The van der Waals surface area contributed by atoms with Gasteiger partial charge < -0.3 is 10.2 Å². The summed E-state index contributed by atoms with van der Waals surface area (Å²) in [5.41, 5.74) is -0.514. The SMILES string of the molecule is Cc1c(C=NN2C(=O)c3cccc4cc(O)cc(c34)C2=O)c(O)[nH]c(=O)c1C#N. The molecule has 9 nitrogen and oxygen atoms in total. The van der Waals surface area contributed by atoms with E-state index in [9.17, 15) is 24.6 Å². The summed E-state index contributed by atoms with van der Waals surface area (Å²) in [4.78, 5) is 39.5. The Morgan fingerprint density at radius 2 is 1.86 bits per heavy atom. The van der Waals surface area contributed by atoms with Crippen LogP contribution in [0.1, 0.15) is 37.4 Å². The fourth-order valence-electron chi connectivity index (χ4n) is 3.31. The van der Waals surface area contributed by atoms with Gasteiger partial charge >= 0.3 is 0 Å². The van der Waals surface area contributed by atoms with Crippen molar-refractivity contribution in [3.8, 4) is 17.7 Å². The second-order valence-electron chi connectivity index (χ2n) is 6.39. The molecule has 2 amide bonds. The molecule has 3 N–H and O–H groups in total. The van der Waals surface area contributed by atoms with Crippen LogP contribution in [-0.4, -0.2) is 38.2 Å². The molecular formula is C20H12N4O5. The number of hydrogen-bond acceptors (Lipinski definition) is 7. The van der Waals surface area contributed by atoms with Crippen molar-refractivity contribution in [2.45, 2.75) is 6.92 Å². The molecule has 29 heavy (non-hydrogen) atoms. The van der Waals surface area contributed by atoms with E-state index in [1.807, 2.05) is 0 Å². The van der Waals surface area contributed by atoms with Crippen LogP contribution in [0, 0.1) is 18.3 Å². The van der Waals surface area contributed by atoms with Gasteiger partial charge in [0, 0.05) is 5.39 Å². The molecule has 0 fully saturated rings. The Morgan fingerprint density at radius 1 is 1.14 bits per heavy atom. The topological polar surface area (TPSA) is 147 Å². The van der Waals surface area contributed by atoms with Crippen LogP contribution >= 0.6 is 0 Å². The van der Waals surface area contributed by atoms with Gasteiger partial charge in [0.05, 0.1) is 22.9 Å². The minimum atomic E-state index is -0.763. The Balaban J connectivity index is 1.85. The molecule has 2 heterocycles. The van der Waals surface area contributed by atoms with Gasteiger partial charge in [0.15, 0.2) is 0 Å². The minimum Gasteiger partial charge on any atom is -0.508 e. The van der Waals surface area contributed by atoms with Crippen molar-refractivity contribution in [2.75, 3.05) is 0 Å². The number of H-pyrrole nitrogens is 1. The number of aromatic amines is 1. The number of hydrazone groups is 1. The van der Waals surface area contributed by atoms with Gasteiger partial charge in [0.2, 0.25) is 5.88 Å². The summed E-state index contributed by atoms with van der Waals surface area (Å²) < 4.78 is 0. The van der Waals surface area contributed by atoms with Crippen molar-refractivity contribution in [1.29, 1.82) is 5.26 Å². The predicted octanol–water partition coefficient (Wildman–Crippen LogP) is 1.75. The van der Waals surface area contributed by atoms with Crippen LogP contribution in [0.2, 0.25) is 0 Å². The van der Waals surface area contributed by atoms with Crippen molar-refractivity contribution in [2.24, 2.45) is 5.10 Å². The van der Waals surface area contributed by atoms with Crippen LogP contribution in [0.25, 0.3) is 10.8 Å². The first kappa shape index (κ1) is 17.9. The van der Waals surface area contributed by atoms with Gasteiger partial charge in [-0.1, -0.05) is 12.1 Å². The number of imide groups is 1. The first-order valence-corrected chi connectivity index (χ1v) is 8.38. The maximum atomic E-state index is 12.8. The quantitative estimate of drug-likeness (QED) is 0.450. The molecule has 4 rings (SSSR count). The average Bonchev–Trinajstić information content (AvgIpc) is 2.67. The third-order valence-corrected chi connectivity index (χ3v) is 4.71. The predicted molar refractivity (Wildman–Crippen MR) is 102 cm³/mol. The number of benzene rings is 2. The molecular weight excluding hydrogens is 376 g/mol. The number of carbonyl (C=O) groups excluding carboxylic acids is 2. The summed E-state index contributed by atoms with van der Waals surface area (Å²) >= 11 is 0. The standard InChI is InChI=1S/C20H12N4O5/c1-9-14(7-21)17(26)23-18(27)15(9)8-22-24-19(28)12-4-2-3-10-5-11(25)6-13(16(10)12)20(24)29/h2-6,8,25H,1H3,(H2,23,26,27). The van der Waals surface area contributed by atoms with E-state index in [1.165, 1.54) is 25.1 Å². The third kappa shape index (κ3) is 2.62. The van der Waals surface area contributed by atoms with Crippen LogP contribution in [0.3, 0.4) is 0 Å². The van der Waals surface area contributed by atoms with Crippen molar-refractivity contribution in [1.82, 2.24) is 9.99 Å². The second kappa shape index (κ2) is 6.31. The van der Waals surface area contributed by atoms with Gasteiger partial charge in [0.1, 0.15) is 17.4 Å². The lowest BCUT2D eigenvalue weighted by Gasteiger charge is -2.23. The first-order chi connectivity index (χ1) is 13.8. The number of nitriles is 1. The number of carbonyl (C=O) groups is 2. The summed E-state index contributed by atoms with van der Waals surface area (Å²) in [7, 11) is 0. The number of phenolic OH excluding ortho intramolecular Hbond substituents is 1. The highest BCUT2D eigenvalue weighted by molar-refractivity contribution is 6.25. The van der Waals surface area contributed by atoms with Crippen LogP contribution < -0.4 is 5.56 Å². The zero-order valence-electron chi connectivity index (χ0n) is 14.9. The maximum Gasteiger partial charge on any atom is 0.282 e.